The third-order valence-corrected chi connectivity index (χ3v) is 2.24. The van der Waals surface area contributed by atoms with Crippen molar-refractivity contribution in [1.82, 2.24) is 10.2 Å². The van der Waals surface area contributed by atoms with Crippen molar-refractivity contribution in [2.75, 3.05) is 11.1 Å². The minimum atomic E-state index is 0.432. The van der Waals surface area contributed by atoms with Gasteiger partial charge in [-0.2, -0.15) is 0 Å². The maximum atomic E-state index is 5.45. The second-order valence-electron chi connectivity index (χ2n) is 3.69. The summed E-state index contributed by atoms with van der Waals surface area (Å²) in [7, 11) is 0. The molecule has 0 atom stereocenters. The third-order valence-electron chi connectivity index (χ3n) is 2.24. The summed E-state index contributed by atoms with van der Waals surface area (Å²) in [6.45, 7) is 2.81. The van der Waals surface area contributed by atoms with Crippen LogP contribution in [0.1, 0.15) is 11.1 Å². The van der Waals surface area contributed by atoms with Crippen LogP contribution in [0.25, 0.3) is 0 Å². The number of anilines is 2. The lowest BCUT2D eigenvalue weighted by Gasteiger charge is -2.05. The molecule has 16 heavy (non-hydrogen) atoms. The van der Waals surface area contributed by atoms with Crippen molar-refractivity contribution in [3.05, 3.63) is 47.5 Å². The van der Waals surface area contributed by atoms with Gasteiger partial charge >= 0.3 is 0 Å². The van der Waals surface area contributed by atoms with Crippen LogP contribution in [0, 0.1) is 6.92 Å². The average molecular weight is 214 g/mol. The number of nitrogens with zero attached hydrogens (tertiary/aromatic N) is 2. The van der Waals surface area contributed by atoms with Gasteiger partial charge in [0, 0.05) is 6.54 Å². The van der Waals surface area contributed by atoms with E-state index in [2.05, 4.69) is 40.6 Å². The van der Waals surface area contributed by atoms with Crippen LogP contribution >= 0.6 is 0 Å². The van der Waals surface area contributed by atoms with Gasteiger partial charge in [0.2, 0.25) is 0 Å². The van der Waals surface area contributed by atoms with Crippen LogP contribution in [-0.4, -0.2) is 10.2 Å². The van der Waals surface area contributed by atoms with E-state index in [0.717, 1.165) is 12.4 Å². The Balaban J connectivity index is 1.99. The second-order valence-corrected chi connectivity index (χ2v) is 3.69. The Morgan fingerprint density at radius 2 is 2.06 bits per heavy atom. The molecule has 4 nitrogen and oxygen atoms in total. The van der Waals surface area contributed by atoms with E-state index in [1.807, 2.05) is 12.1 Å². The van der Waals surface area contributed by atoms with Crippen LogP contribution in [0.4, 0.5) is 11.6 Å². The van der Waals surface area contributed by atoms with Crippen molar-refractivity contribution in [2.45, 2.75) is 13.5 Å². The monoisotopic (exact) mass is 214 g/mol. The van der Waals surface area contributed by atoms with E-state index in [0.29, 0.717) is 5.82 Å². The lowest BCUT2D eigenvalue weighted by atomic mass is 10.1. The second kappa shape index (κ2) is 4.61. The largest absolute Gasteiger partial charge is 0.382 e. The van der Waals surface area contributed by atoms with Crippen molar-refractivity contribution in [1.29, 1.82) is 0 Å². The molecule has 1 aromatic carbocycles. The molecule has 2 aromatic rings. The summed E-state index contributed by atoms with van der Waals surface area (Å²) in [6, 6.07) is 11.9. The Bertz CT molecular complexity index is 465. The first-order valence-electron chi connectivity index (χ1n) is 5.13. The quantitative estimate of drug-likeness (QED) is 0.820. The standard InChI is InChI=1S/C12H14N4/c1-9-3-2-4-10(7-9)8-14-12-6-5-11(13)15-16-12/h2-7H,8H2,1H3,(H2,13,15)(H,14,16). The van der Waals surface area contributed by atoms with E-state index in [1.165, 1.54) is 11.1 Å². The Morgan fingerprint density at radius 1 is 1.19 bits per heavy atom. The van der Waals surface area contributed by atoms with Crippen molar-refractivity contribution in [2.24, 2.45) is 0 Å². The molecule has 82 valence electrons. The van der Waals surface area contributed by atoms with Gasteiger partial charge in [-0.25, -0.2) is 0 Å². The van der Waals surface area contributed by atoms with Crippen LogP contribution in [0.5, 0.6) is 0 Å². The molecule has 0 aliphatic rings. The zero-order chi connectivity index (χ0) is 11.4. The first kappa shape index (κ1) is 10.4. The van der Waals surface area contributed by atoms with Gasteiger partial charge in [0.05, 0.1) is 0 Å². The maximum Gasteiger partial charge on any atom is 0.149 e. The number of hydrogen-bond donors (Lipinski definition) is 2. The number of rotatable bonds is 3. The predicted octanol–water partition coefficient (Wildman–Crippen LogP) is 1.98. The highest BCUT2D eigenvalue weighted by atomic mass is 15.2. The summed E-state index contributed by atoms with van der Waals surface area (Å²) in [5.41, 5.74) is 7.93. The molecule has 0 aliphatic heterocycles. The maximum absolute atomic E-state index is 5.45. The van der Waals surface area contributed by atoms with E-state index in [4.69, 9.17) is 5.73 Å². The molecule has 0 spiro atoms. The van der Waals surface area contributed by atoms with Crippen LogP contribution < -0.4 is 11.1 Å². The third kappa shape index (κ3) is 2.70. The molecule has 1 aromatic heterocycles. The van der Waals surface area contributed by atoms with Crippen LogP contribution in [-0.2, 0) is 6.54 Å². The van der Waals surface area contributed by atoms with Crippen molar-refractivity contribution < 1.29 is 0 Å². The molecule has 0 fully saturated rings. The van der Waals surface area contributed by atoms with Crippen molar-refractivity contribution in [3.8, 4) is 0 Å². The molecule has 0 saturated carbocycles. The molecule has 0 amide bonds. The number of benzene rings is 1. The summed E-state index contributed by atoms with van der Waals surface area (Å²) in [5, 5.41) is 10.9. The molecule has 0 unspecified atom stereocenters. The fourth-order valence-corrected chi connectivity index (χ4v) is 1.45. The summed E-state index contributed by atoms with van der Waals surface area (Å²) >= 11 is 0. The van der Waals surface area contributed by atoms with Gasteiger partial charge in [0.25, 0.3) is 0 Å². The summed E-state index contributed by atoms with van der Waals surface area (Å²) in [5.74, 6) is 1.16. The number of aryl methyl sites for hydroxylation is 1. The van der Waals surface area contributed by atoms with E-state index >= 15 is 0 Å². The Hall–Kier alpha value is -2.10. The fraction of sp³-hybridized carbons (Fsp3) is 0.167. The molecule has 2 rings (SSSR count). The SMILES string of the molecule is Cc1cccc(CNc2ccc(N)nn2)c1. The van der Waals surface area contributed by atoms with Crippen molar-refractivity contribution >= 4 is 11.6 Å². The fourth-order valence-electron chi connectivity index (χ4n) is 1.45. The molecule has 4 heteroatoms. The molecule has 1 heterocycles. The molecule has 0 saturated heterocycles. The van der Waals surface area contributed by atoms with Gasteiger partial charge in [0.1, 0.15) is 11.6 Å². The lowest BCUT2D eigenvalue weighted by Crippen LogP contribution is -2.03. The lowest BCUT2D eigenvalue weighted by molar-refractivity contribution is 1.01. The zero-order valence-electron chi connectivity index (χ0n) is 9.14. The minimum Gasteiger partial charge on any atom is -0.382 e. The van der Waals surface area contributed by atoms with Gasteiger partial charge in [-0.05, 0) is 24.6 Å². The van der Waals surface area contributed by atoms with Gasteiger partial charge in [-0.3, -0.25) is 0 Å². The molecule has 0 bridgehead atoms. The molecular weight excluding hydrogens is 200 g/mol. The summed E-state index contributed by atoms with van der Waals surface area (Å²) in [4.78, 5) is 0. The van der Waals surface area contributed by atoms with E-state index in [-0.39, 0.29) is 0 Å². The summed E-state index contributed by atoms with van der Waals surface area (Å²) < 4.78 is 0. The van der Waals surface area contributed by atoms with Gasteiger partial charge in [0.15, 0.2) is 0 Å². The van der Waals surface area contributed by atoms with Gasteiger partial charge in [-0.1, -0.05) is 29.8 Å². The Labute approximate surface area is 94.5 Å². The normalized spacial score (nSPS) is 10.1. The minimum absolute atomic E-state index is 0.432. The first-order chi connectivity index (χ1) is 7.74. The first-order valence-corrected chi connectivity index (χ1v) is 5.13. The molecule has 0 aliphatic carbocycles. The molecule has 0 radical (unpaired) electrons. The smallest absolute Gasteiger partial charge is 0.149 e. The van der Waals surface area contributed by atoms with Crippen LogP contribution in [0.2, 0.25) is 0 Å². The molecule has 3 N–H and O–H groups in total. The van der Waals surface area contributed by atoms with Gasteiger partial charge < -0.3 is 11.1 Å². The zero-order valence-corrected chi connectivity index (χ0v) is 9.14. The van der Waals surface area contributed by atoms with E-state index in [9.17, 15) is 0 Å². The highest BCUT2D eigenvalue weighted by Crippen LogP contribution is 2.08. The Morgan fingerprint density at radius 3 is 2.75 bits per heavy atom. The number of nitrogens with one attached hydrogen (secondary N) is 1. The number of aromatic nitrogens is 2. The van der Waals surface area contributed by atoms with E-state index in [1.54, 1.807) is 6.07 Å². The highest BCUT2D eigenvalue weighted by Gasteiger charge is 1.96. The number of hydrogen-bond acceptors (Lipinski definition) is 4. The van der Waals surface area contributed by atoms with Crippen LogP contribution in [0.15, 0.2) is 36.4 Å². The number of nitrogens with two attached hydrogens (primary N) is 1. The predicted molar refractivity (Wildman–Crippen MR) is 65.0 cm³/mol. The van der Waals surface area contributed by atoms with Gasteiger partial charge in [-0.15, -0.1) is 10.2 Å². The highest BCUT2D eigenvalue weighted by molar-refractivity contribution is 5.39. The summed E-state index contributed by atoms with van der Waals surface area (Å²) in [6.07, 6.45) is 0. The molecular formula is C12H14N4. The van der Waals surface area contributed by atoms with Crippen LogP contribution in [0.3, 0.4) is 0 Å². The Kier molecular flexibility index (Phi) is 3.00. The average Bonchev–Trinajstić information content (AvgIpc) is 2.28. The van der Waals surface area contributed by atoms with Crippen molar-refractivity contribution in [3.63, 3.8) is 0 Å². The van der Waals surface area contributed by atoms with E-state index < -0.39 is 0 Å². The topological polar surface area (TPSA) is 63.8 Å². The number of nitrogen functional groups attached to an aromatic ring is 1.